The summed E-state index contributed by atoms with van der Waals surface area (Å²) in [6, 6.07) is 10.0. The zero-order chi connectivity index (χ0) is 14.1. The molecular formula is C14H22N2O2S. The number of urea groups is 1. The Morgan fingerprint density at radius 3 is 2.74 bits per heavy atom. The summed E-state index contributed by atoms with van der Waals surface area (Å²) in [5, 5.41) is 12.0. The van der Waals surface area contributed by atoms with E-state index in [0.29, 0.717) is 19.5 Å². The van der Waals surface area contributed by atoms with Gasteiger partial charge in [0.2, 0.25) is 0 Å². The lowest BCUT2D eigenvalue weighted by Gasteiger charge is -2.18. The van der Waals surface area contributed by atoms with Crippen LogP contribution in [-0.4, -0.2) is 48.0 Å². The number of hydrogen-bond acceptors (Lipinski definition) is 3. The zero-order valence-corrected chi connectivity index (χ0v) is 12.3. The monoisotopic (exact) mass is 282 g/mol. The number of amides is 2. The number of hydrogen-bond donors (Lipinski definition) is 2. The standard InChI is InChI=1S/C14H22N2O2S/c1-12(17)8-10-16(2)14(18)15-9-11-19-13-6-4-3-5-7-13/h3-7,12,17H,8-11H2,1-2H3,(H,15,18). The molecule has 5 heteroatoms. The van der Waals surface area contributed by atoms with Crippen molar-refractivity contribution in [2.45, 2.75) is 24.3 Å². The van der Waals surface area contributed by atoms with Gasteiger partial charge in [-0.1, -0.05) is 18.2 Å². The summed E-state index contributed by atoms with van der Waals surface area (Å²) < 4.78 is 0. The van der Waals surface area contributed by atoms with Crippen molar-refractivity contribution in [1.29, 1.82) is 0 Å². The van der Waals surface area contributed by atoms with E-state index in [0.717, 1.165) is 5.75 Å². The SMILES string of the molecule is CC(O)CCN(C)C(=O)NCCSc1ccccc1. The van der Waals surface area contributed by atoms with Crippen molar-refractivity contribution in [3.05, 3.63) is 30.3 Å². The lowest BCUT2D eigenvalue weighted by Crippen LogP contribution is -2.39. The first kappa shape index (κ1) is 15.9. The summed E-state index contributed by atoms with van der Waals surface area (Å²) in [7, 11) is 1.74. The predicted molar refractivity (Wildman–Crippen MR) is 79.5 cm³/mol. The van der Waals surface area contributed by atoms with Crippen molar-refractivity contribution in [1.82, 2.24) is 10.2 Å². The summed E-state index contributed by atoms with van der Waals surface area (Å²) >= 11 is 1.72. The largest absolute Gasteiger partial charge is 0.393 e. The number of benzene rings is 1. The molecule has 1 rings (SSSR count). The maximum Gasteiger partial charge on any atom is 0.317 e. The van der Waals surface area contributed by atoms with Gasteiger partial charge in [0.25, 0.3) is 0 Å². The Morgan fingerprint density at radius 2 is 2.11 bits per heavy atom. The number of aliphatic hydroxyl groups excluding tert-OH is 1. The van der Waals surface area contributed by atoms with Crippen LogP contribution in [0.15, 0.2) is 35.2 Å². The number of aliphatic hydroxyl groups is 1. The van der Waals surface area contributed by atoms with Gasteiger partial charge in [-0.3, -0.25) is 0 Å². The first-order valence-electron chi connectivity index (χ1n) is 6.44. The summed E-state index contributed by atoms with van der Waals surface area (Å²) in [5.41, 5.74) is 0. The van der Waals surface area contributed by atoms with Crippen molar-refractivity contribution in [3.63, 3.8) is 0 Å². The number of carbonyl (C=O) groups excluding carboxylic acids is 1. The van der Waals surface area contributed by atoms with E-state index >= 15 is 0 Å². The molecule has 0 radical (unpaired) electrons. The van der Waals surface area contributed by atoms with Crippen molar-refractivity contribution < 1.29 is 9.90 Å². The van der Waals surface area contributed by atoms with Crippen LogP contribution < -0.4 is 5.32 Å². The van der Waals surface area contributed by atoms with Crippen LogP contribution >= 0.6 is 11.8 Å². The van der Waals surface area contributed by atoms with Gasteiger partial charge in [0.1, 0.15) is 0 Å². The average Bonchev–Trinajstić information content (AvgIpc) is 2.41. The Morgan fingerprint density at radius 1 is 1.42 bits per heavy atom. The molecule has 1 aromatic carbocycles. The summed E-state index contributed by atoms with van der Waals surface area (Å²) in [6.45, 7) is 2.93. The smallest absolute Gasteiger partial charge is 0.317 e. The van der Waals surface area contributed by atoms with E-state index in [9.17, 15) is 4.79 Å². The van der Waals surface area contributed by atoms with Gasteiger partial charge < -0.3 is 15.3 Å². The minimum atomic E-state index is -0.371. The average molecular weight is 282 g/mol. The molecule has 0 aliphatic heterocycles. The molecular weight excluding hydrogens is 260 g/mol. The Bertz CT molecular complexity index is 371. The highest BCUT2D eigenvalue weighted by molar-refractivity contribution is 7.99. The maximum absolute atomic E-state index is 11.7. The Kier molecular flexibility index (Phi) is 7.36. The first-order chi connectivity index (χ1) is 9.09. The Hall–Kier alpha value is -1.20. The molecule has 0 saturated heterocycles. The molecule has 2 N–H and O–H groups in total. The number of rotatable bonds is 7. The molecule has 2 amide bonds. The van der Waals surface area contributed by atoms with Gasteiger partial charge >= 0.3 is 6.03 Å². The third-order valence-electron chi connectivity index (χ3n) is 2.62. The Balaban J connectivity index is 2.13. The van der Waals surface area contributed by atoms with Gasteiger partial charge in [-0.05, 0) is 25.5 Å². The van der Waals surface area contributed by atoms with Gasteiger partial charge in [0.05, 0.1) is 6.10 Å². The topological polar surface area (TPSA) is 52.6 Å². The van der Waals surface area contributed by atoms with E-state index in [4.69, 9.17) is 5.11 Å². The van der Waals surface area contributed by atoms with E-state index in [-0.39, 0.29) is 12.1 Å². The van der Waals surface area contributed by atoms with Crippen LogP contribution in [0.25, 0.3) is 0 Å². The number of thioether (sulfide) groups is 1. The van der Waals surface area contributed by atoms with Gasteiger partial charge in [-0.2, -0.15) is 0 Å². The molecule has 106 valence electrons. The third-order valence-corrected chi connectivity index (χ3v) is 3.63. The molecule has 0 fully saturated rings. The molecule has 4 nitrogen and oxygen atoms in total. The van der Waals surface area contributed by atoms with Gasteiger partial charge in [-0.15, -0.1) is 11.8 Å². The van der Waals surface area contributed by atoms with Crippen LogP contribution in [0, 0.1) is 0 Å². The summed E-state index contributed by atoms with van der Waals surface area (Å²) in [4.78, 5) is 14.5. The quantitative estimate of drug-likeness (QED) is 0.595. The second kappa shape index (κ2) is 8.82. The van der Waals surface area contributed by atoms with Crippen molar-refractivity contribution >= 4 is 17.8 Å². The second-order valence-corrected chi connectivity index (χ2v) is 5.62. The lowest BCUT2D eigenvalue weighted by molar-refractivity contribution is 0.163. The molecule has 1 atom stereocenters. The molecule has 0 aliphatic rings. The van der Waals surface area contributed by atoms with E-state index in [2.05, 4.69) is 17.4 Å². The van der Waals surface area contributed by atoms with Crippen LogP contribution in [0.4, 0.5) is 4.79 Å². The highest BCUT2D eigenvalue weighted by Crippen LogP contribution is 2.15. The van der Waals surface area contributed by atoms with E-state index in [1.807, 2.05) is 18.2 Å². The minimum Gasteiger partial charge on any atom is -0.393 e. The molecule has 0 heterocycles. The zero-order valence-electron chi connectivity index (χ0n) is 11.5. The van der Waals surface area contributed by atoms with Crippen LogP contribution in [-0.2, 0) is 0 Å². The van der Waals surface area contributed by atoms with Crippen molar-refractivity contribution in [2.75, 3.05) is 25.9 Å². The van der Waals surface area contributed by atoms with Gasteiger partial charge in [0.15, 0.2) is 0 Å². The first-order valence-corrected chi connectivity index (χ1v) is 7.43. The van der Waals surface area contributed by atoms with Crippen LogP contribution in [0.1, 0.15) is 13.3 Å². The predicted octanol–water partition coefficient (Wildman–Crippen LogP) is 2.19. The van der Waals surface area contributed by atoms with Gasteiger partial charge in [0, 0.05) is 30.8 Å². The molecule has 19 heavy (non-hydrogen) atoms. The molecule has 0 aliphatic carbocycles. The molecule has 1 unspecified atom stereocenters. The maximum atomic E-state index is 11.7. The second-order valence-electron chi connectivity index (χ2n) is 4.45. The normalized spacial score (nSPS) is 11.9. The van der Waals surface area contributed by atoms with E-state index in [1.54, 1.807) is 30.6 Å². The highest BCUT2D eigenvalue weighted by Gasteiger charge is 2.08. The van der Waals surface area contributed by atoms with E-state index < -0.39 is 0 Å². The fourth-order valence-electron chi connectivity index (χ4n) is 1.46. The minimum absolute atomic E-state index is 0.0886. The summed E-state index contributed by atoms with van der Waals surface area (Å²) in [6.07, 6.45) is 0.228. The lowest BCUT2D eigenvalue weighted by atomic mass is 10.3. The number of nitrogens with zero attached hydrogens (tertiary/aromatic N) is 1. The summed E-state index contributed by atoms with van der Waals surface area (Å²) in [5.74, 6) is 0.847. The molecule has 0 aromatic heterocycles. The van der Waals surface area contributed by atoms with Crippen LogP contribution in [0.3, 0.4) is 0 Å². The van der Waals surface area contributed by atoms with Crippen LogP contribution in [0.2, 0.25) is 0 Å². The van der Waals surface area contributed by atoms with Crippen molar-refractivity contribution in [3.8, 4) is 0 Å². The third kappa shape index (κ3) is 7.08. The fourth-order valence-corrected chi connectivity index (χ4v) is 2.25. The van der Waals surface area contributed by atoms with Crippen molar-refractivity contribution in [2.24, 2.45) is 0 Å². The van der Waals surface area contributed by atoms with E-state index in [1.165, 1.54) is 4.90 Å². The van der Waals surface area contributed by atoms with Gasteiger partial charge in [-0.25, -0.2) is 4.79 Å². The number of nitrogens with one attached hydrogen (secondary N) is 1. The Labute approximate surface area is 119 Å². The highest BCUT2D eigenvalue weighted by atomic mass is 32.2. The fraction of sp³-hybridized carbons (Fsp3) is 0.500. The van der Waals surface area contributed by atoms with Crippen LogP contribution in [0.5, 0.6) is 0 Å². The number of carbonyl (C=O) groups is 1. The molecule has 0 saturated carbocycles. The molecule has 0 spiro atoms. The molecule has 0 bridgehead atoms. The molecule has 1 aromatic rings.